The first-order valence-corrected chi connectivity index (χ1v) is 12.9. The second-order valence-electron chi connectivity index (χ2n) is 9.67. The highest BCUT2D eigenvalue weighted by molar-refractivity contribution is 7.99. The second-order valence-corrected chi connectivity index (χ2v) is 11.1. The van der Waals surface area contributed by atoms with E-state index in [9.17, 15) is 4.79 Å². The lowest BCUT2D eigenvalue weighted by Crippen LogP contribution is -2.50. The van der Waals surface area contributed by atoms with E-state index in [0.29, 0.717) is 10.4 Å². The van der Waals surface area contributed by atoms with Gasteiger partial charge in [0.2, 0.25) is 0 Å². The molecule has 2 fully saturated rings. The molecule has 4 heterocycles. The first kappa shape index (κ1) is 23.6. The maximum absolute atomic E-state index is 13.0. The molecule has 5 rings (SSSR count). The molecule has 2 aliphatic heterocycles. The molecule has 2 aromatic heterocycles. The van der Waals surface area contributed by atoms with Crippen LogP contribution in [0.4, 0.5) is 5.82 Å². The van der Waals surface area contributed by atoms with Crippen molar-refractivity contribution in [2.45, 2.75) is 61.7 Å². The minimum Gasteiger partial charge on any atom is -0.376 e. The third kappa shape index (κ3) is 4.11. The Balaban J connectivity index is 1.32. The van der Waals surface area contributed by atoms with Crippen molar-refractivity contribution in [1.82, 2.24) is 14.5 Å². The molecule has 2 N–H and O–H groups in total. The topological polar surface area (TPSA) is 86.3 Å². The molecule has 180 valence electrons. The van der Waals surface area contributed by atoms with E-state index < -0.39 is 0 Å². The Bertz CT molecular complexity index is 1250. The molecule has 3 aromatic rings. The summed E-state index contributed by atoms with van der Waals surface area (Å²) in [7, 11) is 0. The van der Waals surface area contributed by atoms with Crippen LogP contribution in [0, 0.1) is 5.41 Å². The van der Waals surface area contributed by atoms with Gasteiger partial charge < -0.3 is 19.9 Å². The van der Waals surface area contributed by atoms with Crippen molar-refractivity contribution in [3.05, 3.63) is 52.2 Å². The smallest absolute Gasteiger partial charge is 0.260 e. The van der Waals surface area contributed by atoms with Gasteiger partial charge in [-0.1, -0.05) is 29.4 Å². The number of pyridine rings is 1. The number of benzene rings is 1. The molecule has 0 unspecified atom stereocenters. The highest BCUT2D eigenvalue weighted by Crippen LogP contribution is 2.42. The molecular formula is C25H30ClN5O2S. The van der Waals surface area contributed by atoms with Gasteiger partial charge in [-0.3, -0.25) is 4.79 Å². The summed E-state index contributed by atoms with van der Waals surface area (Å²) in [6.07, 6.45) is 7.52. The van der Waals surface area contributed by atoms with E-state index in [1.54, 1.807) is 10.8 Å². The van der Waals surface area contributed by atoms with Gasteiger partial charge in [0.25, 0.3) is 5.56 Å². The predicted molar refractivity (Wildman–Crippen MR) is 137 cm³/mol. The van der Waals surface area contributed by atoms with E-state index in [1.165, 1.54) is 11.8 Å². The van der Waals surface area contributed by atoms with Crippen LogP contribution in [0.15, 0.2) is 51.5 Å². The third-order valence-corrected chi connectivity index (χ3v) is 8.80. The Morgan fingerprint density at radius 3 is 2.59 bits per heavy atom. The average Bonchev–Trinajstić information content (AvgIpc) is 3.10. The van der Waals surface area contributed by atoms with Crippen LogP contribution in [0.1, 0.15) is 39.7 Å². The lowest BCUT2D eigenvalue weighted by molar-refractivity contribution is 0.0974. The number of rotatable bonds is 4. The molecule has 0 aliphatic carbocycles. The van der Waals surface area contributed by atoms with Crippen LogP contribution in [0.25, 0.3) is 10.8 Å². The average molecular weight is 500 g/mol. The maximum atomic E-state index is 13.0. The van der Waals surface area contributed by atoms with E-state index in [0.717, 1.165) is 53.7 Å². The lowest BCUT2D eigenvalue weighted by Gasteiger charge is -2.41. The molecule has 0 amide bonds. The van der Waals surface area contributed by atoms with E-state index in [4.69, 9.17) is 22.1 Å². The van der Waals surface area contributed by atoms with Crippen LogP contribution >= 0.6 is 23.4 Å². The molecule has 2 atom stereocenters. The Morgan fingerprint density at radius 1 is 1.21 bits per heavy atom. The summed E-state index contributed by atoms with van der Waals surface area (Å²) >= 11 is 8.11. The van der Waals surface area contributed by atoms with Gasteiger partial charge >= 0.3 is 0 Å². The van der Waals surface area contributed by atoms with Gasteiger partial charge in [-0.05, 0) is 51.1 Å². The molecule has 1 spiro atoms. The number of anilines is 1. The number of hydrogen-bond donors (Lipinski definition) is 1. The number of ether oxygens (including phenoxy) is 1. The molecule has 0 radical (unpaired) electrons. The van der Waals surface area contributed by atoms with Crippen molar-refractivity contribution in [2.24, 2.45) is 11.1 Å². The maximum Gasteiger partial charge on any atom is 0.260 e. The molecule has 2 aliphatic rings. The lowest BCUT2D eigenvalue weighted by atomic mass is 9.73. The van der Waals surface area contributed by atoms with Crippen molar-refractivity contribution in [2.75, 3.05) is 24.6 Å². The van der Waals surface area contributed by atoms with Crippen molar-refractivity contribution in [3.8, 4) is 0 Å². The van der Waals surface area contributed by atoms with E-state index in [2.05, 4.69) is 21.8 Å². The van der Waals surface area contributed by atoms with Gasteiger partial charge in [-0.25, -0.2) is 9.97 Å². The largest absolute Gasteiger partial charge is 0.376 e. The highest BCUT2D eigenvalue weighted by Gasteiger charge is 2.47. The van der Waals surface area contributed by atoms with Gasteiger partial charge in [0.15, 0.2) is 0 Å². The summed E-state index contributed by atoms with van der Waals surface area (Å²) in [5.41, 5.74) is 6.44. The van der Waals surface area contributed by atoms with Crippen molar-refractivity contribution >= 4 is 40.0 Å². The van der Waals surface area contributed by atoms with E-state index >= 15 is 0 Å². The van der Waals surface area contributed by atoms with Crippen LogP contribution in [0.5, 0.6) is 0 Å². The zero-order chi connectivity index (χ0) is 24.0. The summed E-state index contributed by atoms with van der Waals surface area (Å²) in [5, 5.41) is 2.57. The van der Waals surface area contributed by atoms with Gasteiger partial charge in [0.05, 0.1) is 35.5 Å². The number of halogens is 1. The van der Waals surface area contributed by atoms with Crippen molar-refractivity contribution in [3.63, 3.8) is 0 Å². The minimum absolute atomic E-state index is 0.0627. The molecule has 34 heavy (non-hydrogen) atoms. The number of nitrogens with two attached hydrogens (primary N) is 1. The Hall–Kier alpha value is -2.13. The number of aromatic nitrogens is 3. The van der Waals surface area contributed by atoms with Gasteiger partial charge in [0, 0.05) is 41.7 Å². The van der Waals surface area contributed by atoms with Gasteiger partial charge in [-0.15, -0.1) is 0 Å². The van der Waals surface area contributed by atoms with Crippen LogP contribution in [-0.2, 0) is 4.74 Å². The molecule has 0 saturated carbocycles. The standard InChI is InChI=1S/C25H30ClN5O2S/c1-15(2)31-9-6-17-4-5-18(22(26)21(17)24(31)32)34-20-13-28-19(12-29-20)30-10-7-25(8-11-30)14-33-16(3)23(25)27/h4-6,9,12-13,15-16,23H,7-8,10-11,14,27H2,1-3H3/t16-,23+/m0/s1. The zero-order valence-corrected chi connectivity index (χ0v) is 21.3. The quantitative estimate of drug-likeness (QED) is 0.565. The molecule has 1 aromatic carbocycles. The van der Waals surface area contributed by atoms with Crippen LogP contribution < -0.4 is 16.2 Å². The fourth-order valence-corrected chi connectivity index (χ4v) is 6.20. The summed E-state index contributed by atoms with van der Waals surface area (Å²) < 4.78 is 7.53. The highest BCUT2D eigenvalue weighted by atomic mass is 35.5. The Labute approximate surface area is 208 Å². The molecule has 2 saturated heterocycles. The zero-order valence-electron chi connectivity index (χ0n) is 19.7. The van der Waals surface area contributed by atoms with E-state index in [-0.39, 0.29) is 29.2 Å². The third-order valence-electron chi connectivity index (χ3n) is 7.32. The van der Waals surface area contributed by atoms with Crippen LogP contribution in [0.3, 0.4) is 0 Å². The van der Waals surface area contributed by atoms with Crippen LogP contribution in [0.2, 0.25) is 5.02 Å². The monoisotopic (exact) mass is 499 g/mol. The molecule has 0 bridgehead atoms. The summed E-state index contributed by atoms with van der Waals surface area (Å²) in [6.45, 7) is 8.56. The normalized spacial score (nSPS) is 22.2. The van der Waals surface area contributed by atoms with Gasteiger partial charge in [0.1, 0.15) is 10.8 Å². The van der Waals surface area contributed by atoms with E-state index in [1.807, 2.05) is 44.4 Å². The summed E-state index contributed by atoms with van der Waals surface area (Å²) in [4.78, 5) is 25.3. The SMILES string of the molecule is CC(C)n1ccc2ccc(Sc3cnc(N4CCC5(CC4)CO[C@@H](C)[C@H]5N)cn3)c(Cl)c2c1=O. The fourth-order valence-electron chi connectivity index (χ4n) is 5.06. The number of piperidine rings is 1. The fraction of sp³-hybridized carbons (Fsp3) is 0.480. The molecule has 9 heteroatoms. The number of fused-ring (bicyclic) bond motifs is 1. The van der Waals surface area contributed by atoms with Crippen molar-refractivity contribution < 1.29 is 4.74 Å². The first-order valence-electron chi connectivity index (χ1n) is 11.7. The van der Waals surface area contributed by atoms with Crippen molar-refractivity contribution in [1.29, 1.82) is 0 Å². The molecule has 7 nitrogen and oxygen atoms in total. The molecular weight excluding hydrogens is 470 g/mol. The number of nitrogens with zero attached hydrogens (tertiary/aromatic N) is 4. The second kappa shape index (κ2) is 9.15. The van der Waals surface area contributed by atoms with Gasteiger partial charge in [-0.2, -0.15) is 0 Å². The Morgan fingerprint density at radius 2 is 1.97 bits per heavy atom. The minimum atomic E-state index is -0.0778. The number of hydrogen-bond acceptors (Lipinski definition) is 7. The summed E-state index contributed by atoms with van der Waals surface area (Å²) in [5.74, 6) is 0.865. The first-order chi connectivity index (χ1) is 16.3. The summed E-state index contributed by atoms with van der Waals surface area (Å²) in [6, 6.07) is 5.95. The van der Waals surface area contributed by atoms with Crippen LogP contribution in [-0.4, -0.2) is 46.4 Å². The Kier molecular flexibility index (Phi) is 6.35. The predicted octanol–water partition coefficient (Wildman–Crippen LogP) is 4.51.